The molecule has 0 aliphatic heterocycles. The number of nitrogens with zero attached hydrogens (tertiary/aromatic N) is 2. The minimum atomic E-state index is 0.141. The van der Waals surface area contributed by atoms with Crippen LogP contribution in [-0.4, -0.2) is 51.2 Å². The van der Waals surface area contributed by atoms with Crippen molar-refractivity contribution in [1.82, 2.24) is 4.90 Å². The maximum Gasteiger partial charge on any atom is 0.228 e. The van der Waals surface area contributed by atoms with Crippen LogP contribution in [0.25, 0.3) is 0 Å². The number of ether oxygens (including phenoxy) is 1. The molecule has 0 aliphatic rings. The van der Waals surface area contributed by atoms with Crippen molar-refractivity contribution >= 4 is 11.6 Å². The molecule has 1 rings (SSSR count). The zero-order valence-electron chi connectivity index (χ0n) is 13.1. The lowest BCUT2D eigenvalue weighted by Crippen LogP contribution is -2.35. The first-order valence-corrected chi connectivity index (χ1v) is 7.14. The number of hydrogen-bond acceptors (Lipinski definition) is 3. The second kappa shape index (κ2) is 8.72. The number of hydrogen-bond donors (Lipinski definition) is 0. The van der Waals surface area contributed by atoms with E-state index in [0.29, 0.717) is 26.2 Å². The number of carbonyl (C=O) groups is 1. The molecular formula is C16H26N2O2. The summed E-state index contributed by atoms with van der Waals surface area (Å²) in [5.74, 6) is 0.141. The smallest absolute Gasteiger partial charge is 0.228 e. The van der Waals surface area contributed by atoms with Gasteiger partial charge in [-0.1, -0.05) is 17.7 Å². The summed E-state index contributed by atoms with van der Waals surface area (Å²) in [6, 6.07) is 8.05. The van der Waals surface area contributed by atoms with E-state index in [1.165, 1.54) is 5.56 Å². The van der Waals surface area contributed by atoms with E-state index in [-0.39, 0.29) is 5.91 Å². The van der Waals surface area contributed by atoms with Crippen LogP contribution in [-0.2, 0) is 9.53 Å². The summed E-state index contributed by atoms with van der Waals surface area (Å²) >= 11 is 0. The molecular weight excluding hydrogens is 252 g/mol. The van der Waals surface area contributed by atoms with Crippen LogP contribution in [0.1, 0.15) is 18.9 Å². The molecule has 0 saturated heterocycles. The van der Waals surface area contributed by atoms with Crippen molar-refractivity contribution in [3.8, 4) is 0 Å². The molecule has 0 radical (unpaired) electrons. The Balaban J connectivity index is 2.73. The number of anilines is 1. The van der Waals surface area contributed by atoms with Gasteiger partial charge in [0.25, 0.3) is 0 Å². The average Bonchev–Trinajstić information content (AvgIpc) is 2.42. The number of benzene rings is 1. The monoisotopic (exact) mass is 278 g/mol. The van der Waals surface area contributed by atoms with Gasteiger partial charge in [0.05, 0.1) is 6.61 Å². The van der Waals surface area contributed by atoms with Crippen molar-refractivity contribution in [2.75, 3.05) is 45.3 Å². The average molecular weight is 278 g/mol. The molecule has 1 aromatic rings. The summed E-state index contributed by atoms with van der Waals surface area (Å²) in [4.78, 5) is 16.2. The number of amides is 1. The van der Waals surface area contributed by atoms with Gasteiger partial charge in [-0.15, -0.1) is 0 Å². The maximum absolute atomic E-state index is 12.4. The highest BCUT2D eigenvalue weighted by Gasteiger charge is 2.15. The highest BCUT2D eigenvalue weighted by molar-refractivity contribution is 5.93. The zero-order chi connectivity index (χ0) is 15.0. The van der Waals surface area contributed by atoms with Crippen molar-refractivity contribution in [2.24, 2.45) is 0 Å². The third kappa shape index (κ3) is 5.72. The van der Waals surface area contributed by atoms with Gasteiger partial charge in [0.2, 0.25) is 5.91 Å². The lowest BCUT2D eigenvalue weighted by atomic mass is 10.2. The van der Waals surface area contributed by atoms with Gasteiger partial charge in [0.1, 0.15) is 0 Å². The lowest BCUT2D eigenvalue weighted by molar-refractivity contribution is -0.119. The molecule has 0 bridgehead atoms. The van der Waals surface area contributed by atoms with Crippen molar-refractivity contribution in [2.45, 2.75) is 20.3 Å². The van der Waals surface area contributed by atoms with Crippen LogP contribution in [0.15, 0.2) is 24.3 Å². The normalized spacial score (nSPS) is 10.8. The molecule has 20 heavy (non-hydrogen) atoms. The molecule has 0 atom stereocenters. The molecule has 0 fully saturated rings. The predicted molar refractivity (Wildman–Crippen MR) is 83.2 cm³/mol. The molecule has 1 amide bonds. The van der Waals surface area contributed by atoms with E-state index >= 15 is 0 Å². The van der Waals surface area contributed by atoms with E-state index in [9.17, 15) is 4.79 Å². The number of rotatable bonds is 8. The maximum atomic E-state index is 12.4. The van der Waals surface area contributed by atoms with E-state index in [1.807, 2.05) is 62.0 Å². The van der Waals surface area contributed by atoms with Crippen LogP contribution in [0.2, 0.25) is 0 Å². The molecule has 4 nitrogen and oxygen atoms in total. The van der Waals surface area contributed by atoms with E-state index in [1.54, 1.807) is 0 Å². The van der Waals surface area contributed by atoms with Gasteiger partial charge in [-0.2, -0.15) is 0 Å². The summed E-state index contributed by atoms with van der Waals surface area (Å²) in [5, 5.41) is 0. The number of aryl methyl sites for hydroxylation is 1. The van der Waals surface area contributed by atoms with E-state index in [2.05, 4.69) is 0 Å². The van der Waals surface area contributed by atoms with Crippen LogP contribution in [0.3, 0.4) is 0 Å². The Hall–Kier alpha value is -1.39. The van der Waals surface area contributed by atoms with Crippen LogP contribution in [0.5, 0.6) is 0 Å². The Kier molecular flexibility index (Phi) is 7.26. The standard InChI is InChI=1S/C16H26N2O2/c1-5-20-13-12-18(16(19)10-11-17(3)4)15-8-6-14(2)7-9-15/h6-9H,5,10-13H2,1-4H3. The van der Waals surface area contributed by atoms with E-state index in [0.717, 1.165) is 12.2 Å². The Morgan fingerprint density at radius 1 is 1.15 bits per heavy atom. The van der Waals surface area contributed by atoms with Gasteiger partial charge < -0.3 is 14.5 Å². The molecule has 0 N–H and O–H groups in total. The quantitative estimate of drug-likeness (QED) is 0.684. The largest absolute Gasteiger partial charge is 0.380 e. The third-order valence-corrected chi connectivity index (χ3v) is 3.08. The summed E-state index contributed by atoms with van der Waals surface area (Å²) in [5.41, 5.74) is 2.14. The predicted octanol–water partition coefficient (Wildman–Crippen LogP) is 2.32. The summed E-state index contributed by atoms with van der Waals surface area (Å²) in [7, 11) is 3.95. The Labute approximate surface area is 122 Å². The molecule has 4 heteroatoms. The summed E-state index contributed by atoms with van der Waals surface area (Å²) < 4.78 is 5.38. The van der Waals surface area contributed by atoms with Crippen LogP contribution in [0, 0.1) is 6.92 Å². The number of carbonyl (C=O) groups excluding carboxylic acids is 1. The Morgan fingerprint density at radius 3 is 2.35 bits per heavy atom. The molecule has 112 valence electrons. The van der Waals surface area contributed by atoms with Gasteiger partial charge >= 0.3 is 0 Å². The molecule has 0 unspecified atom stereocenters. The van der Waals surface area contributed by atoms with E-state index < -0.39 is 0 Å². The second-order valence-corrected chi connectivity index (χ2v) is 5.13. The minimum absolute atomic E-state index is 0.141. The third-order valence-electron chi connectivity index (χ3n) is 3.08. The molecule has 0 heterocycles. The SMILES string of the molecule is CCOCCN(C(=O)CCN(C)C)c1ccc(C)cc1. The van der Waals surface area contributed by atoms with E-state index in [4.69, 9.17) is 4.74 Å². The fourth-order valence-electron chi connectivity index (χ4n) is 1.88. The van der Waals surface area contributed by atoms with Crippen LogP contribution < -0.4 is 4.90 Å². The van der Waals surface area contributed by atoms with Crippen molar-refractivity contribution in [3.63, 3.8) is 0 Å². The van der Waals surface area contributed by atoms with Crippen molar-refractivity contribution < 1.29 is 9.53 Å². The topological polar surface area (TPSA) is 32.8 Å². The highest BCUT2D eigenvalue weighted by atomic mass is 16.5. The van der Waals surface area contributed by atoms with Gasteiger partial charge in [0.15, 0.2) is 0 Å². The first kappa shape index (κ1) is 16.7. The van der Waals surface area contributed by atoms with Crippen molar-refractivity contribution in [1.29, 1.82) is 0 Å². The van der Waals surface area contributed by atoms with Gasteiger partial charge in [-0.3, -0.25) is 4.79 Å². The van der Waals surface area contributed by atoms with Crippen LogP contribution in [0.4, 0.5) is 5.69 Å². The summed E-state index contributed by atoms with van der Waals surface area (Å²) in [6.07, 6.45) is 0.521. The first-order valence-electron chi connectivity index (χ1n) is 7.14. The highest BCUT2D eigenvalue weighted by Crippen LogP contribution is 2.16. The van der Waals surface area contributed by atoms with Crippen LogP contribution >= 0.6 is 0 Å². The first-order chi connectivity index (χ1) is 9.54. The van der Waals surface area contributed by atoms with Gasteiger partial charge in [0, 0.05) is 31.8 Å². The molecule has 0 spiro atoms. The molecule has 0 aliphatic carbocycles. The summed E-state index contributed by atoms with van der Waals surface area (Å²) in [6.45, 7) is 6.61. The second-order valence-electron chi connectivity index (χ2n) is 5.13. The minimum Gasteiger partial charge on any atom is -0.380 e. The Morgan fingerprint density at radius 2 is 1.80 bits per heavy atom. The fourth-order valence-corrected chi connectivity index (χ4v) is 1.88. The van der Waals surface area contributed by atoms with Gasteiger partial charge in [-0.25, -0.2) is 0 Å². The lowest BCUT2D eigenvalue weighted by Gasteiger charge is -2.23. The fraction of sp³-hybridized carbons (Fsp3) is 0.562. The molecule has 1 aromatic carbocycles. The Bertz CT molecular complexity index is 401. The van der Waals surface area contributed by atoms with Gasteiger partial charge in [-0.05, 0) is 40.1 Å². The van der Waals surface area contributed by atoms with Crippen molar-refractivity contribution in [3.05, 3.63) is 29.8 Å². The zero-order valence-corrected chi connectivity index (χ0v) is 13.1. The molecule has 0 aromatic heterocycles. The molecule has 0 saturated carbocycles.